The maximum atomic E-state index is 12.3. The fourth-order valence-electron chi connectivity index (χ4n) is 3.33. The molecule has 0 spiro atoms. The van der Waals surface area contributed by atoms with Gasteiger partial charge in [0, 0.05) is 16.6 Å². The van der Waals surface area contributed by atoms with E-state index in [2.05, 4.69) is 21.6 Å². The molecule has 4 rings (SSSR count). The average molecular weight is 253 g/mol. The molecular weight excluding hydrogens is 238 g/mol. The van der Waals surface area contributed by atoms with Gasteiger partial charge in [-0.1, -0.05) is 6.08 Å². The van der Waals surface area contributed by atoms with E-state index in [0.717, 1.165) is 22.2 Å². The van der Waals surface area contributed by atoms with Crippen LogP contribution in [0.4, 0.5) is 5.69 Å². The molecule has 1 saturated carbocycles. The smallest absolute Gasteiger partial charge is 0.251 e. The molecule has 2 bridgehead atoms. The summed E-state index contributed by atoms with van der Waals surface area (Å²) in [5, 5.41) is 10.9. The molecule has 2 aliphatic carbocycles. The minimum atomic E-state index is 0.0649. The van der Waals surface area contributed by atoms with Gasteiger partial charge in [0.15, 0.2) is 0 Å². The number of aromatic nitrogens is 2. The van der Waals surface area contributed by atoms with Crippen LogP contribution < -0.4 is 5.32 Å². The van der Waals surface area contributed by atoms with E-state index in [1.165, 1.54) is 19.3 Å². The van der Waals surface area contributed by atoms with Crippen LogP contribution in [0.5, 0.6) is 0 Å². The summed E-state index contributed by atoms with van der Waals surface area (Å²) in [5.41, 5.74) is 2.81. The number of hydrogen-bond donors (Lipinski definition) is 2. The minimum Gasteiger partial charge on any atom is -0.322 e. The number of carbonyl (C=O) groups excluding carboxylic acids is 1. The summed E-state index contributed by atoms with van der Waals surface area (Å²) < 4.78 is 0. The van der Waals surface area contributed by atoms with Crippen molar-refractivity contribution < 1.29 is 4.79 Å². The molecule has 4 heteroatoms. The van der Waals surface area contributed by atoms with Crippen LogP contribution >= 0.6 is 0 Å². The maximum Gasteiger partial charge on any atom is 0.251 e. The largest absolute Gasteiger partial charge is 0.322 e. The first kappa shape index (κ1) is 10.8. The van der Waals surface area contributed by atoms with Gasteiger partial charge in [0.25, 0.3) is 5.91 Å². The molecule has 1 heterocycles. The third-order valence-electron chi connectivity index (χ3n) is 4.29. The Labute approximate surface area is 110 Å². The molecule has 1 amide bonds. The lowest BCUT2D eigenvalue weighted by Gasteiger charge is -2.13. The molecule has 1 fully saturated rings. The van der Waals surface area contributed by atoms with Gasteiger partial charge < -0.3 is 5.32 Å². The summed E-state index contributed by atoms with van der Waals surface area (Å²) in [7, 11) is 0. The van der Waals surface area contributed by atoms with Gasteiger partial charge >= 0.3 is 0 Å². The summed E-state index contributed by atoms with van der Waals surface area (Å²) in [6.45, 7) is 0. The highest BCUT2D eigenvalue weighted by Gasteiger charge is 2.35. The number of nitrogens with zero attached hydrogens (tertiary/aromatic N) is 1. The first-order valence-electron chi connectivity index (χ1n) is 6.76. The predicted octanol–water partition coefficient (Wildman–Crippen LogP) is 2.86. The fraction of sp³-hybridized carbons (Fsp3) is 0.333. The van der Waals surface area contributed by atoms with Gasteiger partial charge in [-0.25, -0.2) is 0 Å². The van der Waals surface area contributed by atoms with E-state index in [-0.39, 0.29) is 5.91 Å². The first-order chi connectivity index (χ1) is 9.29. The second-order valence-electron chi connectivity index (χ2n) is 5.52. The number of hydrogen-bond acceptors (Lipinski definition) is 2. The van der Waals surface area contributed by atoms with Crippen molar-refractivity contribution in [2.75, 3.05) is 5.32 Å². The van der Waals surface area contributed by atoms with Crippen LogP contribution in [0.1, 0.15) is 19.3 Å². The van der Waals surface area contributed by atoms with Crippen LogP contribution in [-0.2, 0) is 4.79 Å². The van der Waals surface area contributed by atoms with Crippen LogP contribution in [0, 0.1) is 11.8 Å². The SMILES string of the molecule is O=C(Nc1ccc2[nH]ncc2c1)C1=CC2CCC1C2. The van der Waals surface area contributed by atoms with Crippen molar-refractivity contribution in [3.63, 3.8) is 0 Å². The number of aromatic amines is 1. The molecule has 2 atom stereocenters. The molecule has 96 valence electrons. The summed E-state index contributed by atoms with van der Waals surface area (Å²) in [6, 6.07) is 5.80. The summed E-state index contributed by atoms with van der Waals surface area (Å²) in [5.74, 6) is 1.19. The normalized spacial score (nSPS) is 24.7. The molecule has 0 radical (unpaired) electrons. The lowest BCUT2D eigenvalue weighted by molar-refractivity contribution is -0.113. The number of benzene rings is 1. The highest BCUT2D eigenvalue weighted by atomic mass is 16.1. The Kier molecular flexibility index (Phi) is 2.24. The van der Waals surface area contributed by atoms with E-state index in [1.807, 2.05) is 18.2 Å². The van der Waals surface area contributed by atoms with E-state index in [9.17, 15) is 4.79 Å². The van der Waals surface area contributed by atoms with Crippen LogP contribution in [-0.4, -0.2) is 16.1 Å². The third-order valence-corrected chi connectivity index (χ3v) is 4.29. The van der Waals surface area contributed by atoms with Crippen LogP contribution in [0.15, 0.2) is 36.0 Å². The Morgan fingerprint density at radius 3 is 3.11 bits per heavy atom. The van der Waals surface area contributed by atoms with Gasteiger partial charge in [-0.15, -0.1) is 0 Å². The molecular formula is C15H15N3O. The first-order valence-corrected chi connectivity index (χ1v) is 6.76. The monoisotopic (exact) mass is 253 g/mol. The third kappa shape index (κ3) is 1.75. The van der Waals surface area contributed by atoms with Gasteiger partial charge in [0.2, 0.25) is 0 Å². The number of H-pyrrole nitrogens is 1. The quantitative estimate of drug-likeness (QED) is 0.864. The van der Waals surface area contributed by atoms with Crippen LogP contribution in [0.3, 0.4) is 0 Å². The van der Waals surface area contributed by atoms with E-state index >= 15 is 0 Å². The highest BCUT2D eigenvalue weighted by Crippen LogP contribution is 2.43. The van der Waals surface area contributed by atoms with Crippen LogP contribution in [0.25, 0.3) is 10.9 Å². The number of allylic oxidation sites excluding steroid dienone is 1. The zero-order valence-electron chi connectivity index (χ0n) is 10.5. The predicted molar refractivity (Wildman–Crippen MR) is 73.6 cm³/mol. The molecule has 2 unspecified atom stereocenters. The Morgan fingerprint density at radius 2 is 2.32 bits per heavy atom. The Hall–Kier alpha value is -2.10. The van der Waals surface area contributed by atoms with Crippen molar-refractivity contribution >= 4 is 22.5 Å². The number of rotatable bonds is 2. The highest BCUT2D eigenvalue weighted by molar-refractivity contribution is 6.05. The van der Waals surface area contributed by atoms with Gasteiger partial charge in [-0.05, 0) is 49.3 Å². The number of nitrogens with one attached hydrogen (secondary N) is 2. The number of fused-ring (bicyclic) bond motifs is 3. The summed E-state index contributed by atoms with van der Waals surface area (Å²) >= 11 is 0. The molecule has 19 heavy (non-hydrogen) atoms. The van der Waals surface area contributed by atoms with Crippen molar-refractivity contribution in [2.45, 2.75) is 19.3 Å². The Balaban J connectivity index is 1.57. The fourth-order valence-corrected chi connectivity index (χ4v) is 3.33. The summed E-state index contributed by atoms with van der Waals surface area (Å²) in [6.07, 6.45) is 7.53. The number of carbonyl (C=O) groups is 1. The number of anilines is 1. The molecule has 1 aromatic carbocycles. The van der Waals surface area contributed by atoms with Crippen molar-refractivity contribution in [3.05, 3.63) is 36.0 Å². The molecule has 2 aromatic rings. The summed E-state index contributed by atoms with van der Waals surface area (Å²) in [4.78, 5) is 12.3. The zero-order valence-corrected chi connectivity index (χ0v) is 10.5. The molecule has 2 N–H and O–H groups in total. The number of amides is 1. The lowest BCUT2D eigenvalue weighted by Crippen LogP contribution is -2.18. The topological polar surface area (TPSA) is 57.8 Å². The van der Waals surface area contributed by atoms with Crippen molar-refractivity contribution in [2.24, 2.45) is 11.8 Å². The lowest BCUT2D eigenvalue weighted by atomic mass is 9.98. The molecule has 0 aliphatic heterocycles. The molecule has 0 saturated heterocycles. The Morgan fingerprint density at radius 1 is 1.37 bits per heavy atom. The van der Waals surface area contributed by atoms with Gasteiger partial charge in [-0.3, -0.25) is 9.89 Å². The van der Waals surface area contributed by atoms with Crippen molar-refractivity contribution in [3.8, 4) is 0 Å². The van der Waals surface area contributed by atoms with Gasteiger partial charge in [0.05, 0.1) is 11.7 Å². The van der Waals surface area contributed by atoms with E-state index in [0.29, 0.717) is 11.8 Å². The second-order valence-corrected chi connectivity index (χ2v) is 5.52. The van der Waals surface area contributed by atoms with Crippen molar-refractivity contribution in [1.82, 2.24) is 10.2 Å². The standard InChI is InChI=1S/C15H15N3O/c19-15(13-6-9-1-2-10(13)5-9)17-12-3-4-14-11(7-12)8-16-18-14/h3-4,6-10H,1-2,5H2,(H,16,18)(H,17,19). The molecule has 1 aromatic heterocycles. The minimum absolute atomic E-state index is 0.0649. The Bertz CT molecular complexity index is 686. The van der Waals surface area contributed by atoms with E-state index in [4.69, 9.17) is 0 Å². The van der Waals surface area contributed by atoms with E-state index in [1.54, 1.807) is 6.20 Å². The molecule has 4 nitrogen and oxygen atoms in total. The maximum absolute atomic E-state index is 12.3. The van der Waals surface area contributed by atoms with Gasteiger partial charge in [0.1, 0.15) is 0 Å². The van der Waals surface area contributed by atoms with Crippen molar-refractivity contribution in [1.29, 1.82) is 0 Å². The molecule has 2 aliphatic rings. The second kappa shape index (κ2) is 3.95. The van der Waals surface area contributed by atoms with E-state index < -0.39 is 0 Å². The zero-order chi connectivity index (χ0) is 12.8. The van der Waals surface area contributed by atoms with Crippen LogP contribution in [0.2, 0.25) is 0 Å². The van der Waals surface area contributed by atoms with Gasteiger partial charge in [-0.2, -0.15) is 5.10 Å². The average Bonchev–Trinajstić information content (AvgIpc) is 3.13.